The highest BCUT2D eigenvalue weighted by atomic mass is 35.5. The molecular formula is C16H20ClN5O3. The number of aromatic amines is 1. The van der Waals surface area contributed by atoms with Gasteiger partial charge in [-0.25, -0.2) is 4.98 Å². The minimum Gasteiger partial charge on any atom is -0.457 e. The van der Waals surface area contributed by atoms with E-state index in [0.717, 1.165) is 6.42 Å². The van der Waals surface area contributed by atoms with Crippen LogP contribution in [0.5, 0.6) is 6.01 Å². The normalized spacial score (nSPS) is 17.1. The Morgan fingerprint density at radius 3 is 2.84 bits per heavy atom. The lowest BCUT2D eigenvalue weighted by molar-refractivity contribution is -0.0382. The molecule has 0 unspecified atom stereocenters. The molecule has 0 saturated carbocycles. The van der Waals surface area contributed by atoms with Crippen molar-refractivity contribution in [1.82, 2.24) is 20.3 Å². The van der Waals surface area contributed by atoms with Crippen molar-refractivity contribution in [3.05, 3.63) is 23.0 Å². The molecule has 0 atom stereocenters. The SMILES string of the molecule is CN/C=C(\C=N)c1nc2nc(OC3COCCCOC3)[nH]c2cc1Cl. The molecule has 0 aromatic carbocycles. The van der Waals surface area contributed by atoms with Crippen molar-refractivity contribution >= 4 is 34.6 Å². The number of halogens is 1. The molecule has 3 N–H and O–H groups in total. The first-order valence-corrected chi connectivity index (χ1v) is 8.35. The molecule has 0 radical (unpaired) electrons. The summed E-state index contributed by atoms with van der Waals surface area (Å²) in [7, 11) is 1.75. The summed E-state index contributed by atoms with van der Waals surface area (Å²) in [5.74, 6) is 0. The van der Waals surface area contributed by atoms with Gasteiger partial charge in [0.15, 0.2) is 5.65 Å². The van der Waals surface area contributed by atoms with Gasteiger partial charge in [-0.05, 0) is 12.5 Å². The highest BCUT2D eigenvalue weighted by Gasteiger charge is 2.17. The van der Waals surface area contributed by atoms with Crippen molar-refractivity contribution in [2.45, 2.75) is 12.5 Å². The number of nitrogens with one attached hydrogen (secondary N) is 3. The summed E-state index contributed by atoms with van der Waals surface area (Å²) in [6, 6.07) is 2.06. The van der Waals surface area contributed by atoms with Gasteiger partial charge >= 0.3 is 0 Å². The van der Waals surface area contributed by atoms with Crippen molar-refractivity contribution in [2.75, 3.05) is 33.5 Å². The molecule has 8 nitrogen and oxygen atoms in total. The molecular weight excluding hydrogens is 346 g/mol. The molecule has 1 aliphatic rings. The van der Waals surface area contributed by atoms with Crippen LogP contribution in [0.15, 0.2) is 12.3 Å². The summed E-state index contributed by atoms with van der Waals surface area (Å²) in [4.78, 5) is 11.8. The predicted molar refractivity (Wildman–Crippen MR) is 95.4 cm³/mol. The van der Waals surface area contributed by atoms with Crippen LogP contribution in [-0.4, -0.2) is 60.7 Å². The Bertz CT molecular complexity index is 768. The zero-order valence-corrected chi connectivity index (χ0v) is 14.6. The zero-order chi connectivity index (χ0) is 17.6. The molecule has 134 valence electrons. The molecule has 0 bridgehead atoms. The van der Waals surface area contributed by atoms with Gasteiger partial charge in [0.1, 0.15) is 6.10 Å². The maximum atomic E-state index is 7.51. The minimum atomic E-state index is -0.239. The molecule has 2 aromatic rings. The highest BCUT2D eigenvalue weighted by Crippen LogP contribution is 2.26. The summed E-state index contributed by atoms with van der Waals surface area (Å²) in [6.45, 7) is 2.20. The molecule has 0 amide bonds. The van der Waals surface area contributed by atoms with E-state index in [4.69, 9.17) is 31.2 Å². The summed E-state index contributed by atoms with van der Waals surface area (Å²) >= 11 is 6.29. The van der Waals surface area contributed by atoms with Crippen molar-refractivity contribution in [2.24, 2.45) is 0 Å². The number of hydrogen-bond acceptors (Lipinski definition) is 7. The zero-order valence-electron chi connectivity index (χ0n) is 13.8. The van der Waals surface area contributed by atoms with Crippen molar-refractivity contribution < 1.29 is 14.2 Å². The van der Waals surface area contributed by atoms with Crippen LogP contribution in [-0.2, 0) is 9.47 Å². The number of imidazole rings is 1. The van der Waals surface area contributed by atoms with E-state index in [9.17, 15) is 0 Å². The molecule has 25 heavy (non-hydrogen) atoms. The van der Waals surface area contributed by atoms with Crippen LogP contribution in [0.2, 0.25) is 5.02 Å². The largest absolute Gasteiger partial charge is 0.457 e. The second-order valence-corrected chi connectivity index (χ2v) is 5.92. The summed E-state index contributed by atoms with van der Waals surface area (Å²) in [5, 5.41) is 10.8. The van der Waals surface area contributed by atoms with Gasteiger partial charge in [-0.15, -0.1) is 0 Å². The Labute approximate surface area is 150 Å². The van der Waals surface area contributed by atoms with Crippen LogP contribution >= 0.6 is 11.6 Å². The molecule has 1 aliphatic heterocycles. The first-order valence-electron chi connectivity index (χ1n) is 7.98. The fourth-order valence-electron chi connectivity index (χ4n) is 2.45. The summed E-state index contributed by atoms with van der Waals surface area (Å²) in [6.07, 6.45) is 3.49. The third-order valence-electron chi connectivity index (χ3n) is 3.60. The number of allylic oxidation sites excluding steroid dienone is 1. The van der Waals surface area contributed by atoms with Gasteiger partial charge in [0.25, 0.3) is 6.01 Å². The third-order valence-corrected chi connectivity index (χ3v) is 3.88. The summed E-state index contributed by atoms with van der Waals surface area (Å²) < 4.78 is 16.9. The second-order valence-electron chi connectivity index (χ2n) is 5.51. The van der Waals surface area contributed by atoms with E-state index in [2.05, 4.69) is 20.3 Å². The minimum absolute atomic E-state index is 0.239. The Morgan fingerprint density at radius 2 is 2.16 bits per heavy atom. The standard InChI is InChI=1S/C16H20ClN5O3/c1-19-7-10(6-18)14-12(17)5-13-15(21-14)22-16(20-13)25-11-8-23-3-2-4-24-9-11/h5-7,11,18-19H,2-4,8-9H2,1H3,(H,20,21,22)/b10-7+,18-6?. The maximum absolute atomic E-state index is 7.51. The Morgan fingerprint density at radius 1 is 1.40 bits per heavy atom. The fraction of sp³-hybridized carbons (Fsp3) is 0.438. The van der Waals surface area contributed by atoms with E-state index in [1.165, 1.54) is 6.21 Å². The highest BCUT2D eigenvalue weighted by molar-refractivity contribution is 6.34. The third kappa shape index (κ3) is 4.28. The van der Waals surface area contributed by atoms with Crippen LogP contribution in [0.1, 0.15) is 12.1 Å². The van der Waals surface area contributed by atoms with Gasteiger partial charge in [0.05, 0.1) is 29.4 Å². The van der Waals surface area contributed by atoms with Gasteiger partial charge in [-0.1, -0.05) is 11.6 Å². The predicted octanol–water partition coefficient (Wildman–Crippen LogP) is 2.01. The number of ether oxygens (including phenoxy) is 3. The molecule has 3 heterocycles. The van der Waals surface area contributed by atoms with Gasteiger partial charge < -0.3 is 29.9 Å². The van der Waals surface area contributed by atoms with E-state index in [1.54, 1.807) is 19.3 Å². The van der Waals surface area contributed by atoms with Gasteiger partial charge in [0.2, 0.25) is 0 Å². The number of fused-ring (bicyclic) bond motifs is 1. The Kier molecular flexibility index (Phi) is 5.85. The molecule has 9 heteroatoms. The van der Waals surface area contributed by atoms with E-state index < -0.39 is 0 Å². The van der Waals surface area contributed by atoms with Crippen LogP contribution in [0.3, 0.4) is 0 Å². The smallest absolute Gasteiger partial charge is 0.296 e. The number of rotatable bonds is 5. The number of hydrogen-bond donors (Lipinski definition) is 3. The Hall–Kier alpha value is -2.16. The molecule has 2 aromatic heterocycles. The van der Waals surface area contributed by atoms with Crippen LogP contribution in [0.4, 0.5) is 0 Å². The molecule has 0 spiro atoms. The lowest BCUT2D eigenvalue weighted by atomic mass is 10.2. The lowest BCUT2D eigenvalue weighted by Gasteiger charge is -2.20. The lowest BCUT2D eigenvalue weighted by Crippen LogP contribution is -2.31. The van der Waals surface area contributed by atoms with E-state index in [-0.39, 0.29) is 6.10 Å². The van der Waals surface area contributed by atoms with Crippen molar-refractivity contribution in [3.8, 4) is 6.01 Å². The van der Waals surface area contributed by atoms with E-state index in [1.807, 2.05) is 0 Å². The first kappa shape index (κ1) is 17.7. The molecule has 1 saturated heterocycles. The van der Waals surface area contributed by atoms with Crippen molar-refractivity contribution in [1.29, 1.82) is 5.41 Å². The van der Waals surface area contributed by atoms with Crippen LogP contribution in [0, 0.1) is 5.41 Å². The van der Waals surface area contributed by atoms with Gasteiger partial charge in [-0.3, -0.25) is 0 Å². The average Bonchev–Trinajstić information content (AvgIpc) is 2.95. The quantitative estimate of drug-likeness (QED) is 0.700. The van der Waals surface area contributed by atoms with E-state index >= 15 is 0 Å². The molecule has 0 aliphatic carbocycles. The monoisotopic (exact) mass is 365 g/mol. The molecule has 1 fully saturated rings. The van der Waals surface area contributed by atoms with Crippen molar-refractivity contribution in [3.63, 3.8) is 0 Å². The fourth-order valence-corrected chi connectivity index (χ4v) is 2.71. The van der Waals surface area contributed by atoms with Gasteiger partial charge in [-0.2, -0.15) is 4.98 Å². The van der Waals surface area contributed by atoms with Gasteiger partial charge in [0, 0.05) is 38.2 Å². The Balaban J connectivity index is 1.84. The summed E-state index contributed by atoms with van der Waals surface area (Å²) in [5.41, 5.74) is 2.16. The number of pyridine rings is 1. The number of aromatic nitrogens is 3. The van der Waals surface area contributed by atoms with E-state index in [0.29, 0.717) is 59.9 Å². The second kappa shape index (κ2) is 8.28. The number of H-pyrrole nitrogens is 1. The van der Waals surface area contributed by atoms with Crippen LogP contribution < -0.4 is 10.1 Å². The number of nitrogens with zero attached hydrogens (tertiary/aromatic N) is 2. The first-order chi connectivity index (χ1) is 12.2. The topological polar surface area (TPSA) is 105 Å². The van der Waals surface area contributed by atoms with Crippen LogP contribution in [0.25, 0.3) is 16.7 Å². The molecule has 3 rings (SSSR count). The maximum Gasteiger partial charge on any atom is 0.296 e. The average molecular weight is 366 g/mol.